The van der Waals surface area contributed by atoms with Crippen molar-refractivity contribution in [2.45, 2.75) is 6.92 Å². The minimum Gasteiger partial charge on any atom is -1.00 e. The molecule has 3 nitrogen and oxygen atoms in total. The van der Waals surface area contributed by atoms with Gasteiger partial charge < -0.3 is 27.1 Å². The third kappa shape index (κ3) is 9.77. The van der Waals surface area contributed by atoms with Gasteiger partial charge in [0.15, 0.2) is 0 Å². The molecule has 16 heavy (non-hydrogen) atoms. The molecule has 1 rings (SSSR count). The molecular formula is C12H22ClNO2. The molecule has 0 atom stereocenters. The first-order valence-electron chi connectivity index (χ1n) is 5.03. The minimum absolute atomic E-state index is 0. The van der Waals surface area contributed by atoms with Crippen LogP contribution in [0, 0.1) is 6.92 Å². The van der Waals surface area contributed by atoms with Gasteiger partial charge in [-0.2, -0.15) is 0 Å². The van der Waals surface area contributed by atoms with Crippen LogP contribution in [-0.4, -0.2) is 49.0 Å². The third-order valence-electron chi connectivity index (χ3n) is 1.89. The van der Waals surface area contributed by atoms with Crippen LogP contribution in [0.25, 0.3) is 0 Å². The highest BCUT2D eigenvalue weighted by atomic mass is 35.5. The van der Waals surface area contributed by atoms with E-state index in [4.69, 9.17) is 10.2 Å². The maximum Gasteiger partial charge on any atom is 0.118 e. The number of hydrogen-bond acceptors (Lipinski definition) is 2. The standard InChI is InChI=1S/C7H8O.C5H14NO.ClH/c1-6-4-2-3-5-7(6)8;1-6(2,3)4-5-7;/h2-5,8H,1H3;7H,4-5H2,1-3H3;1H/q;+1;/p-1. The van der Waals surface area contributed by atoms with Crippen LogP contribution in [0.1, 0.15) is 5.56 Å². The smallest absolute Gasteiger partial charge is 0.118 e. The summed E-state index contributed by atoms with van der Waals surface area (Å²) in [6.07, 6.45) is 0. The molecule has 0 aliphatic carbocycles. The molecule has 0 amide bonds. The second kappa shape index (κ2) is 8.39. The maximum absolute atomic E-state index is 8.92. The van der Waals surface area contributed by atoms with E-state index in [1.54, 1.807) is 6.07 Å². The van der Waals surface area contributed by atoms with Gasteiger partial charge in [0.25, 0.3) is 0 Å². The average Bonchev–Trinajstić information content (AvgIpc) is 2.09. The molecular weight excluding hydrogens is 226 g/mol. The molecule has 4 heteroatoms. The van der Waals surface area contributed by atoms with Crippen LogP contribution in [0.2, 0.25) is 0 Å². The lowest BCUT2D eigenvalue weighted by molar-refractivity contribution is -0.870. The Bertz CT molecular complexity index is 264. The summed E-state index contributed by atoms with van der Waals surface area (Å²) in [5.74, 6) is 0.368. The third-order valence-corrected chi connectivity index (χ3v) is 1.89. The van der Waals surface area contributed by atoms with Crippen molar-refractivity contribution >= 4 is 0 Å². The number of nitrogens with zero attached hydrogens (tertiary/aromatic N) is 1. The van der Waals surface area contributed by atoms with E-state index >= 15 is 0 Å². The van der Waals surface area contributed by atoms with Gasteiger partial charge >= 0.3 is 0 Å². The molecule has 0 aliphatic heterocycles. The Morgan fingerprint density at radius 3 is 1.81 bits per heavy atom. The van der Waals surface area contributed by atoms with Crippen molar-refractivity contribution < 1.29 is 27.1 Å². The summed E-state index contributed by atoms with van der Waals surface area (Å²) >= 11 is 0. The molecule has 0 aromatic heterocycles. The van der Waals surface area contributed by atoms with Crippen LogP contribution < -0.4 is 12.4 Å². The van der Waals surface area contributed by atoms with E-state index in [9.17, 15) is 0 Å². The second-order valence-corrected chi connectivity index (χ2v) is 4.52. The Morgan fingerprint density at radius 2 is 1.62 bits per heavy atom. The SMILES string of the molecule is C[N+](C)(C)CCO.Cc1ccccc1O.[Cl-]. The van der Waals surface area contributed by atoms with Crippen LogP contribution >= 0.6 is 0 Å². The zero-order chi connectivity index (χ0) is 11.9. The first-order valence-corrected chi connectivity index (χ1v) is 5.03. The van der Waals surface area contributed by atoms with Gasteiger partial charge in [0.05, 0.1) is 27.7 Å². The van der Waals surface area contributed by atoms with Crippen molar-refractivity contribution in [1.29, 1.82) is 0 Å². The number of halogens is 1. The lowest BCUT2D eigenvalue weighted by Crippen LogP contribution is -3.00. The van der Waals surface area contributed by atoms with Gasteiger partial charge in [-0.05, 0) is 18.6 Å². The van der Waals surface area contributed by atoms with Crippen LogP contribution in [0.3, 0.4) is 0 Å². The number of rotatable bonds is 2. The molecule has 0 unspecified atom stereocenters. The van der Waals surface area contributed by atoms with Crippen LogP contribution in [0.15, 0.2) is 24.3 Å². The number of aliphatic hydroxyl groups is 1. The van der Waals surface area contributed by atoms with Crippen molar-refractivity contribution in [3.05, 3.63) is 29.8 Å². The van der Waals surface area contributed by atoms with Crippen molar-refractivity contribution in [1.82, 2.24) is 0 Å². The van der Waals surface area contributed by atoms with E-state index in [1.165, 1.54) is 0 Å². The molecule has 2 N–H and O–H groups in total. The van der Waals surface area contributed by atoms with Crippen molar-refractivity contribution in [3.8, 4) is 5.75 Å². The number of phenols is 1. The molecule has 0 bridgehead atoms. The summed E-state index contributed by atoms with van der Waals surface area (Å²) in [4.78, 5) is 0. The number of aliphatic hydroxyl groups excluding tert-OH is 1. The van der Waals surface area contributed by atoms with Gasteiger partial charge in [-0.3, -0.25) is 0 Å². The second-order valence-electron chi connectivity index (χ2n) is 4.52. The number of para-hydroxylation sites is 1. The number of hydrogen-bond donors (Lipinski definition) is 2. The van der Waals surface area contributed by atoms with Gasteiger partial charge in [0.2, 0.25) is 0 Å². The maximum atomic E-state index is 8.92. The van der Waals surface area contributed by atoms with Gasteiger partial charge in [0.1, 0.15) is 12.3 Å². The summed E-state index contributed by atoms with van der Waals surface area (Å²) in [6.45, 7) is 2.98. The normalized spacial score (nSPS) is 9.81. The number of likely N-dealkylation sites (N-methyl/N-ethyl adjacent to an activating group) is 1. The number of benzene rings is 1. The predicted molar refractivity (Wildman–Crippen MR) is 62.8 cm³/mol. The van der Waals surface area contributed by atoms with Gasteiger partial charge in [0, 0.05) is 0 Å². The molecule has 94 valence electrons. The Labute approximate surface area is 104 Å². The Morgan fingerprint density at radius 1 is 1.12 bits per heavy atom. The molecule has 0 spiro atoms. The Hall–Kier alpha value is -0.770. The number of aryl methyl sites for hydroxylation is 1. The highest BCUT2D eigenvalue weighted by molar-refractivity contribution is 5.29. The molecule has 0 fully saturated rings. The van der Waals surface area contributed by atoms with Crippen molar-refractivity contribution in [2.24, 2.45) is 0 Å². The Kier molecular flexibility index (Phi) is 9.24. The largest absolute Gasteiger partial charge is 1.00 e. The van der Waals surface area contributed by atoms with Gasteiger partial charge in [-0.1, -0.05) is 18.2 Å². The molecule has 0 radical (unpaired) electrons. The molecule has 0 saturated heterocycles. The van der Waals surface area contributed by atoms with E-state index in [1.807, 2.05) is 25.1 Å². The first-order chi connectivity index (χ1) is 6.87. The summed E-state index contributed by atoms with van der Waals surface area (Å²) in [5.41, 5.74) is 0.924. The molecule has 1 aromatic rings. The van der Waals surface area contributed by atoms with Crippen LogP contribution in [0.5, 0.6) is 5.75 Å². The minimum atomic E-state index is 0. The Balaban J connectivity index is 0. The van der Waals surface area contributed by atoms with Crippen molar-refractivity contribution in [3.63, 3.8) is 0 Å². The summed E-state index contributed by atoms with van der Waals surface area (Å²) in [6, 6.07) is 7.25. The summed E-state index contributed by atoms with van der Waals surface area (Å²) in [5, 5.41) is 17.3. The van der Waals surface area contributed by atoms with E-state index < -0.39 is 0 Å². The van der Waals surface area contributed by atoms with E-state index in [0.29, 0.717) is 5.75 Å². The lowest BCUT2D eigenvalue weighted by Gasteiger charge is -2.21. The van der Waals surface area contributed by atoms with E-state index in [-0.39, 0.29) is 19.0 Å². The number of quaternary nitrogens is 1. The fourth-order valence-corrected chi connectivity index (χ4v) is 0.863. The number of phenolic OH excluding ortho intramolecular Hbond substituents is 1. The fourth-order valence-electron chi connectivity index (χ4n) is 0.863. The lowest BCUT2D eigenvalue weighted by atomic mass is 10.2. The zero-order valence-electron chi connectivity index (χ0n) is 10.4. The van der Waals surface area contributed by atoms with Crippen molar-refractivity contribution in [2.75, 3.05) is 34.3 Å². The van der Waals surface area contributed by atoms with Gasteiger partial charge in [-0.25, -0.2) is 0 Å². The zero-order valence-corrected chi connectivity index (χ0v) is 11.2. The highest BCUT2D eigenvalue weighted by Crippen LogP contribution is 2.12. The number of aromatic hydroxyl groups is 1. The first kappa shape index (κ1) is 17.6. The average molecular weight is 248 g/mol. The summed E-state index contributed by atoms with van der Waals surface area (Å²) in [7, 11) is 6.16. The van der Waals surface area contributed by atoms with Crippen LogP contribution in [-0.2, 0) is 0 Å². The quantitative estimate of drug-likeness (QED) is 0.618. The molecule has 0 heterocycles. The predicted octanol–water partition coefficient (Wildman–Crippen LogP) is -1.61. The molecule has 1 aromatic carbocycles. The molecule has 0 aliphatic rings. The van der Waals surface area contributed by atoms with Crippen LogP contribution in [0.4, 0.5) is 0 Å². The van der Waals surface area contributed by atoms with Gasteiger partial charge in [-0.15, -0.1) is 0 Å². The topological polar surface area (TPSA) is 40.5 Å². The highest BCUT2D eigenvalue weighted by Gasteiger charge is 2.02. The monoisotopic (exact) mass is 247 g/mol. The van der Waals surface area contributed by atoms with E-state index in [0.717, 1.165) is 16.6 Å². The molecule has 0 saturated carbocycles. The van der Waals surface area contributed by atoms with E-state index in [2.05, 4.69) is 21.1 Å². The summed E-state index contributed by atoms with van der Waals surface area (Å²) < 4.78 is 0.844. The fraction of sp³-hybridized carbons (Fsp3) is 0.500.